The van der Waals surface area contributed by atoms with Crippen molar-refractivity contribution in [2.75, 3.05) is 11.9 Å². The molecule has 0 spiro atoms. The van der Waals surface area contributed by atoms with Crippen LogP contribution < -0.4 is 5.32 Å². The van der Waals surface area contributed by atoms with Gasteiger partial charge in [-0.3, -0.25) is 4.79 Å². The Bertz CT molecular complexity index is 104. The first kappa shape index (κ1) is 9.91. The van der Waals surface area contributed by atoms with Gasteiger partial charge >= 0.3 is 0 Å². The molecule has 0 aromatic heterocycles. The summed E-state index contributed by atoms with van der Waals surface area (Å²) < 4.78 is 0. The highest BCUT2D eigenvalue weighted by molar-refractivity contribution is 9.09. The molecule has 0 heterocycles. The normalized spacial score (nSPS) is 12.7. The number of nitrogens with one attached hydrogen (secondary N) is 1. The van der Waals surface area contributed by atoms with Gasteiger partial charge in [-0.25, -0.2) is 0 Å². The maximum atomic E-state index is 10.7. The largest absolute Gasteiger partial charge is 0.394 e. The number of hydrogen-bond acceptors (Lipinski definition) is 2. The fourth-order valence-electron chi connectivity index (χ4n) is 0.543. The van der Waals surface area contributed by atoms with Gasteiger partial charge in [0.25, 0.3) is 0 Å². The van der Waals surface area contributed by atoms with Crippen LogP contribution in [0.15, 0.2) is 0 Å². The molecule has 10 heavy (non-hydrogen) atoms. The van der Waals surface area contributed by atoms with E-state index < -0.39 is 0 Å². The molecule has 0 rings (SSSR count). The van der Waals surface area contributed by atoms with Crippen LogP contribution >= 0.6 is 15.9 Å². The van der Waals surface area contributed by atoms with Crippen LogP contribution in [0.3, 0.4) is 0 Å². The first-order valence-electron chi connectivity index (χ1n) is 3.20. The Kier molecular flexibility index (Phi) is 5.63. The third-order valence-corrected chi connectivity index (χ3v) is 1.71. The molecule has 0 radical (unpaired) electrons. The predicted molar refractivity (Wildman–Crippen MR) is 43.1 cm³/mol. The molecule has 0 unspecified atom stereocenters. The van der Waals surface area contributed by atoms with E-state index in [-0.39, 0.29) is 18.6 Å². The molecule has 0 aliphatic carbocycles. The van der Waals surface area contributed by atoms with E-state index >= 15 is 0 Å². The number of carbonyl (C=O) groups is 1. The molecule has 1 amide bonds. The minimum absolute atomic E-state index is 0.00917. The number of hydrogen-bond donors (Lipinski definition) is 2. The van der Waals surface area contributed by atoms with Crippen LogP contribution in [0.1, 0.15) is 13.3 Å². The van der Waals surface area contributed by atoms with Gasteiger partial charge in [-0.2, -0.15) is 0 Å². The summed E-state index contributed by atoms with van der Waals surface area (Å²) >= 11 is 3.01. The van der Waals surface area contributed by atoms with E-state index in [1.807, 2.05) is 6.92 Å². The molecule has 0 bridgehead atoms. The fraction of sp³-hybridized carbons (Fsp3) is 0.833. The summed E-state index contributed by atoms with van der Waals surface area (Å²) in [6.45, 7) is 1.92. The van der Waals surface area contributed by atoms with E-state index in [2.05, 4.69) is 21.2 Å². The van der Waals surface area contributed by atoms with Crippen molar-refractivity contribution in [3.63, 3.8) is 0 Å². The first-order valence-corrected chi connectivity index (χ1v) is 4.32. The number of carbonyl (C=O) groups excluding carboxylic acids is 1. The summed E-state index contributed by atoms with van der Waals surface area (Å²) in [7, 11) is 0. The Balaban J connectivity index is 3.52. The Morgan fingerprint density at radius 3 is 2.70 bits per heavy atom. The summed E-state index contributed by atoms with van der Waals surface area (Å²) in [4.78, 5) is 10.7. The van der Waals surface area contributed by atoms with E-state index in [9.17, 15) is 4.79 Å². The smallest absolute Gasteiger partial charge is 0.230 e. The minimum Gasteiger partial charge on any atom is -0.394 e. The van der Waals surface area contributed by atoms with Crippen LogP contribution in [-0.4, -0.2) is 29.0 Å². The highest BCUT2D eigenvalue weighted by Gasteiger charge is 2.06. The van der Waals surface area contributed by atoms with Gasteiger partial charge in [0.05, 0.1) is 18.0 Å². The fourth-order valence-corrected chi connectivity index (χ4v) is 0.705. The van der Waals surface area contributed by atoms with Crippen molar-refractivity contribution in [1.82, 2.24) is 5.32 Å². The first-order chi connectivity index (χ1) is 4.74. The Morgan fingerprint density at radius 2 is 2.40 bits per heavy atom. The van der Waals surface area contributed by atoms with Crippen LogP contribution in [0.5, 0.6) is 0 Å². The standard InChI is InChI=1S/C6H12BrNO2/c1-2-5(4-9)8-6(10)3-7/h5,9H,2-4H2,1H3,(H,8,10)/t5-/m0/s1. The zero-order chi connectivity index (χ0) is 7.98. The molecular weight excluding hydrogens is 198 g/mol. The van der Waals surface area contributed by atoms with Crippen LogP contribution in [0.4, 0.5) is 0 Å². The molecule has 0 aliphatic heterocycles. The van der Waals surface area contributed by atoms with Gasteiger partial charge in [0.1, 0.15) is 0 Å². The molecule has 0 fully saturated rings. The second kappa shape index (κ2) is 5.68. The topological polar surface area (TPSA) is 49.3 Å². The van der Waals surface area contributed by atoms with E-state index in [4.69, 9.17) is 5.11 Å². The van der Waals surface area contributed by atoms with Gasteiger partial charge in [-0.05, 0) is 6.42 Å². The summed E-state index contributed by atoms with van der Waals surface area (Å²) in [5, 5.41) is 11.6. The molecule has 0 aromatic carbocycles. The van der Waals surface area contributed by atoms with Crippen molar-refractivity contribution in [2.45, 2.75) is 19.4 Å². The third-order valence-electron chi connectivity index (χ3n) is 1.20. The van der Waals surface area contributed by atoms with Crippen LogP contribution in [0, 0.1) is 0 Å². The number of aliphatic hydroxyl groups is 1. The molecule has 0 saturated carbocycles. The molecule has 60 valence electrons. The lowest BCUT2D eigenvalue weighted by molar-refractivity contribution is -0.119. The highest BCUT2D eigenvalue weighted by Crippen LogP contribution is 1.89. The lowest BCUT2D eigenvalue weighted by Crippen LogP contribution is -2.37. The Morgan fingerprint density at radius 1 is 1.80 bits per heavy atom. The molecule has 4 heteroatoms. The molecule has 0 saturated heterocycles. The quantitative estimate of drug-likeness (QED) is 0.654. The highest BCUT2D eigenvalue weighted by atomic mass is 79.9. The SMILES string of the molecule is CC[C@@H](CO)NC(=O)CBr. The van der Waals surface area contributed by atoms with Gasteiger partial charge in [-0.15, -0.1) is 0 Å². The van der Waals surface area contributed by atoms with E-state index in [1.165, 1.54) is 0 Å². The molecule has 0 aromatic rings. The van der Waals surface area contributed by atoms with Crippen LogP contribution in [0.25, 0.3) is 0 Å². The molecule has 0 aliphatic rings. The average molecular weight is 210 g/mol. The van der Waals surface area contributed by atoms with E-state index in [1.54, 1.807) is 0 Å². The number of amides is 1. The number of halogens is 1. The molecular formula is C6H12BrNO2. The Hall–Kier alpha value is -0.0900. The second-order valence-electron chi connectivity index (χ2n) is 1.99. The van der Waals surface area contributed by atoms with Gasteiger partial charge in [0, 0.05) is 0 Å². The van der Waals surface area contributed by atoms with Crippen LogP contribution in [0.2, 0.25) is 0 Å². The summed E-state index contributed by atoms with van der Waals surface area (Å²) in [6, 6.07) is -0.0925. The zero-order valence-electron chi connectivity index (χ0n) is 5.93. The van der Waals surface area contributed by atoms with Crippen molar-refractivity contribution in [3.8, 4) is 0 Å². The molecule has 3 nitrogen and oxygen atoms in total. The van der Waals surface area contributed by atoms with Crippen molar-refractivity contribution >= 4 is 21.8 Å². The van der Waals surface area contributed by atoms with Crippen molar-refractivity contribution in [2.24, 2.45) is 0 Å². The van der Waals surface area contributed by atoms with Gasteiger partial charge in [0.15, 0.2) is 0 Å². The number of aliphatic hydroxyl groups excluding tert-OH is 1. The van der Waals surface area contributed by atoms with Crippen molar-refractivity contribution < 1.29 is 9.90 Å². The minimum atomic E-state index is -0.0925. The predicted octanol–water partition coefficient (Wildman–Crippen LogP) is 0.268. The van der Waals surface area contributed by atoms with Crippen molar-refractivity contribution in [3.05, 3.63) is 0 Å². The van der Waals surface area contributed by atoms with Gasteiger partial charge in [-0.1, -0.05) is 22.9 Å². The molecule has 2 N–H and O–H groups in total. The van der Waals surface area contributed by atoms with Gasteiger partial charge < -0.3 is 10.4 Å². The maximum absolute atomic E-state index is 10.7. The average Bonchev–Trinajstić information content (AvgIpc) is 1.99. The summed E-state index contributed by atoms with van der Waals surface area (Å²) in [5.41, 5.74) is 0. The van der Waals surface area contributed by atoms with Crippen LogP contribution in [-0.2, 0) is 4.79 Å². The zero-order valence-corrected chi connectivity index (χ0v) is 7.52. The molecule has 1 atom stereocenters. The Labute approximate surface area is 68.9 Å². The summed E-state index contributed by atoms with van der Waals surface area (Å²) in [5.74, 6) is -0.0825. The number of rotatable bonds is 4. The van der Waals surface area contributed by atoms with E-state index in [0.717, 1.165) is 6.42 Å². The lowest BCUT2D eigenvalue weighted by Gasteiger charge is -2.11. The van der Waals surface area contributed by atoms with Crippen molar-refractivity contribution in [1.29, 1.82) is 0 Å². The third kappa shape index (κ3) is 3.85. The van der Waals surface area contributed by atoms with E-state index in [0.29, 0.717) is 5.33 Å². The monoisotopic (exact) mass is 209 g/mol. The lowest BCUT2D eigenvalue weighted by atomic mass is 10.2. The summed E-state index contributed by atoms with van der Waals surface area (Å²) in [6.07, 6.45) is 0.759. The van der Waals surface area contributed by atoms with Gasteiger partial charge in [0.2, 0.25) is 5.91 Å². The second-order valence-corrected chi connectivity index (χ2v) is 2.55. The maximum Gasteiger partial charge on any atom is 0.230 e. The number of alkyl halides is 1.